The average molecular weight is 300 g/mol. The van der Waals surface area contributed by atoms with E-state index in [0.717, 1.165) is 12.8 Å². The highest BCUT2D eigenvalue weighted by molar-refractivity contribution is 5.97. The van der Waals surface area contributed by atoms with Crippen molar-refractivity contribution in [2.45, 2.75) is 25.8 Å². The highest BCUT2D eigenvalue weighted by Gasteiger charge is 2.30. The number of nitro groups is 1. The lowest BCUT2D eigenvalue weighted by atomic mass is 10.1. The van der Waals surface area contributed by atoms with Gasteiger partial charge in [0.05, 0.1) is 4.92 Å². The topological polar surface area (TPSA) is 89.5 Å². The number of benzene rings is 1. The first-order chi connectivity index (χ1) is 9.06. The maximum absolute atomic E-state index is 12.5. The molecule has 7 heteroatoms. The van der Waals surface area contributed by atoms with Crippen molar-refractivity contribution < 1.29 is 9.72 Å². The summed E-state index contributed by atoms with van der Waals surface area (Å²) in [7, 11) is 0. The summed E-state index contributed by atoms with van der Waals surface area (Å²) in [5.74, 6) is -0.158. The molecule has 1 unspecified atom stereocenters. The van der Waals surface area contributed by atoms with Gasteiger partial charge in [-0.25, -0.2) is 0 Å². The molecule has 1 aliphatic heterocycles. The molecule has 0 radical (unpaired) electrons. The SMILES string of the molecule is Cc1c(C(=O)N2CCCC2CN)cccc1[N+](=O)[O-].Cl. The minimum atomic E-state index is -0.462. The number of nitrogens with zero attached hydrogens (tertiary/aromatic N) is 2. The van der Waals surface area contributed by atoms with Crippen LogP contribution in [0.25, 0.3) is 0 Å². The lowest BCUT2D eigenvalue weighted by Crippen LogP contribution is -2.40. The summed E-state index contributed by atoms with van der Waals surface area (Å²) < 4.78 is 0. The predicted molar refractivity (Wildman–Crippen MR) is 78.2 cm³/mol. The van der Waals surface area contributed by atoms with E-state index in [-0.39, 0.29) is 30.0 Å². The maximum atomic E-state index is 12.5. The molecule has 0 aromatic heterocycles. The van der Waals surface area contributed by atoms with Gasteiger partial charge >= 0.3 is 0 Å². The minimum absolute atomic E-state index is 0. The monoisotopic (exact) mass is 299 g/mol. The molecular weight excluding hydrogens is 282 g/mol. The quantitative estimate of drug-likeness (QED) is 0.681. The lowest BCUT2D eigenvalue weighted by molar-refractivity contribution is -0.385. The van der Waals surface area contributed by atoms with Gasteiger partial charge in [0.1, 0.15) is 0 Å². The van der Waals surface area contributed by atoms with Crippen molar-refractivity contribution in [3.63, 3.8) is 0 Å². The van der Waals surface area contributed by atoms with E-state index in [4.69, 9.17) is 5.73 Å². The van der Waals surface area contributed by atoms with Crippen LogP contribution in [0.4, 0.5) is 5.69 Å². The van der Waals surface area contributed by atoms with E-state index in [1.165, 1.54) is 6.07 Å². The van der Waals surface area contributed by atoms with E-state index >= 15 is 0 Å². The fourth-order valence-corrected chi connectivity index (χ4v) is 2.56. The Kier molecular flexibility index (Phi) is 5.47. The molecule has 110 valence electrons. The second kappa shape index (κ2) is 6.67. The number of carbonyl (C=O) groups is 1. The summed E-state index contributed by atoms with van der Waals surface area (Å²) in [5.41, 5.74) is 6.45. The number of nitro benzene ring substituents is 1. The van der Waals surface area contributed by atoms with E-state index in [0.29, 0.717) is 24.2 Å². The fraction of sp³-hybridized carbons (Fsp3) is 0.462. The summed E-state index contributed by atoms with van der Waals surface area (Å²) in [6.45, 7) is 2.71. The Morgan fingerprint density at radius 1 is 1.55 bits per heavy atom. The zero-order valence-electron chi connectivity index (χ0n) is 11.2. The van der Waals surface area contributed by atoms with E-state index < -0.39 is 4.92 Å². The number of likely N-dealkylation sites (tertiary alicyclic amines) is 1. The van der Waals surface area contributed by atoms with Crippen LogP contribution < -0.4 is 5.73 Å². The smallest absolute Gasteiger partial charge is 0.273 e. The van der Waals surface area contributed by atoms with Crippen molar-refractivity contribution in [2.75, 3.05) is 13.1 Å². The zero-order valence-corrected chi connectivity index (χ0v) is 12.1. The largest absolute Gasteiger partial charge is 0.334 e. The number of amides is 1. The number of rotatable bonds is 3. The van der Waals surface area contributed by atoms with Gasteiger partial charge in [-0.15, -0.1) is 12.4 Å². The third-order valence-electron chi connectivity index (χ3n) is 3.64. The molecule has 0 aliphatic carbocycles. The van der Waals surface area contributed by atoms with Gasteiger partial charge in [-0.05, 0) is 25.8 Å². The molecule has 2 N–H and O–H groups in total. The molecule has 1 saturated heterocycles. The zero-order chi connectivity index (χ0) is 14.0. The van der Waals surface area contributed by atoms with Gasteiger partial charge in [-0.2, -0.15) is 0 Å². The molecule has 0 bridgehead atoms. The third kappa shape index (κ3) is 2.91. The molecule has 6 nitrogen and oxygen atoms in total. The van der Waals surface area contributed by atoms with Crippen LogP contribution in [0.1, 0.15) is 28.8 Å². The van der Waals surface area contributed by atoms with E-state index in [1.54, 1.807) is 24.0 Å². The number of hydrogen-bond donors (Lipinski definition) is 1. The van der Waals surface area contributed by atoms with Gasteiger partial charge in [0.2, 0.25) is 0 Å². The second-order valence-electron chi connectivity index (χ2n) is 4.74. The van der Waals surface area contributed by atoms with Gasteiger partial charge in [-0.3, -0.25) is 14.9 Å². The van der Waals surface area contributed by atoms with Crippen molar-refractivity contribution in [1.29, 1.82) is 0 Å². The van der Waals surface area contributed by atoms with Crippen molar-refractivity contribution in [3.8, 4) is 0 Å². The first kappa shape index (κ1) is 16.4. The maximum Gasteiger partial charge on any atom is 0.273 e. The van der Waals surface area contributed by atoms with Crippen molar-refractivity contribution in [1.82, 2.24) is 4.90 Å². The van der Waals surface area contributed by atoms with Gasteiger partial charge in [0.25, 0.3) is 11.6 Å². The van der Waals surface area contributed by atoms with Crippen LogP contribution in [-0.2, 0) is 0 Å². The minimum Gasteiger partial charge on any atom is -0.334 e. The van der Waals surface area contributed by atoms with Gasteiger partial charge in [0, 0.05) is 36.3 Å². The summed E-state index contributed by atoms with van der Waals surface area (Å²) in [6.07, 6.45) is 1.83. The Hall–Kier alpha value is -1.66. The van der Waals surface area contributed by atoms with Crippen LogP contribution in [-0.4, -0.2) is 34.9 Å². The van der Waals surface area contributed by atoms with Crippen LogP contribution in [0, 0.1) is 17.0 Å². The van der Waals surface area contributed by atoms with E-state index in [2.05, 4.69) is 0 Å². The Bertz CT molecular complexity index is 522. The molecule has 1 amide bonds. The Labute approximate surface area is 123 Å². The van der Waals surface area contributed by atoms with Gasteiger partial charge < -0.3 is 10.6 Å². The normalized spacial score (nSPS) is 17.7. The summed E-state index contributed by atoms with van der Waals surface area (Å²) in [6, 6.07) is 4.64. The number of hydrogen-bond acceptors (Lipinski definition) is 4. The van der Waals surface area contributed by atoms with Crippen molar-refractivity contribution >= 4 is 24.0 Å². The highest BCUT2D eigenvalue weighted by atomic mass is 35.5. The second-order valence-corrected chi connectivity index (χ2v) is 4.74. The van der Waals surface area contributed by atoms with Gasteiger partial charge in [0.15, 0.2) is 0 Å². The van der Waals surface area contributed by atoms with Crippen molar-refractivity contribution in [2.24, 2.45) is 5.73 Å². The Balaban J connectivity index is 0.00000200. The fourth-order valence-electron chi connectivity index (χ4n) is 2.56. The van der Waals surface area contributed by atoms with Crippen LogP contribution >= 0.6 is 12.4 Å². The third-order valence-corrected chi connectivity index (χ3v) is 3.64. The highest BCUT2D eigenvalue weighted by Crippen LogP contribution is 2.25. The van der Waals surface area contributed by atoms with Crippen LogP contribution in [0.3, 0.4) is 0 Å². The standard InChI is InChI=1S/C13H17N3O3.ClH/c1-9-11(5-2-6-12(9)16(18)19)13(17)15-7-3-4-10(15)8-14;/h2,5-6,10H,3-4,7-8,14H2,1H3;1H. The summed E-state index contributed by atoms with van der Waals surface area (Å²) in [5, 5.41) is 10.9. The van der Waals surface area contributed by atoms with Crippen LogP contribution in [0.2, 0.25) is 0 Å². The summed E-state index contributed by atoms with van der Waals surface area (Å²) >= 11 is 0. The molecule has 0 spiro atoms. The average Bonchev–Trinajstić information content (AvgIpc) is 2.86. The van der Waals surface area contributed by atoms with Gasteiger partial charge in [-0.1, -0.05) is 6.07 Å². The Morgan fingerprint density at radius 3 is 2.85 bits per heavy atom. The molecule has 1 aromatic carbocycles. The summed E-state index contributed by atoms with van der Waals surface area (Å²) in [4.78, 5) is 24.6. The van der Waals surface area contributed by atoms with E-state index in [1.807, 2.05) is 0 Å². The first-order valence-corrected chi connectivity index (χ1v) is 6.31. The predicted octanol–water partition coefficient (Wildman–Crippen LogP) is 1.89. The number of nitrogens with two attached hydrogens (primary N) is 1. The molecular formula is C13H18ClN3O3. The van der Waals surface area contributed by atoms with E-state index in [9.17, 15) is 14.9 Å². The first-order valence-electron chi connectivity index (χ1n) is 6.31. The number of carbonyl (C=O) groups excluding carboxylic acids is 1. The van der Waals surface area contributed by atoms with Crippen LogP contribution in [0.5, 0.6) is 0 Å². The molecule has 1 heterocycles. The lowest BCUT2D eigenvalue weighted by Gasteiger charge is -2.24. The molecule has 1 atom stereocenters. The number of halogens is 1. The van der Waals surface area contributed by atoms with Crippen molar-refractivity contribution in [3.05, 3.63) is 39.4 Å². The molecule has 1 aromatic rings. The molecule has 0 saturated carbocycles. The molecule has 20 heavy (non-hydrogen) atoms. The van der Waals surface area contributed by atoms with Crippen LogP contribution in [0.15, 0.2) is 18.2 Å². The Morgan fingerprint density at radius 2 is 2.25 bits per heavy atom. The molecule has 1 aliphatic rings. The molecule has 2 rings (SSSR count). The molecule has 1 fully saturated rings.